The lowest BCUT2D eigenvalue weighted by atomic mass is 9.83. The van der Waals surface area contributed by atoms with Gasteiger partial charge in [0.05, 0.1) is 30.5 Å². The molecule has 6 nitrogen and oxygen atoms in total. The maximum absolute atomic E-state index is 11.9. The summed E-state index contributed by atoms with van der Waals surface area (Å²) in [4.78, 5) is 7.91. The largest absolute Gasteiger partial charge is 0.376 e. The highest BCUT2D eigenvalue weighted by Crippen LogP contribution is 2.35. The highest BCUT2D eigenvalue weighted by Gasteiger charge is 2.38. The summed E-state index contributed by atoms with van der Waals surface area (Å²) >= 11 is 1.62. The predicted molar refractivity (Wildman–Crippen MR) is 122 cm³/mol. The summed E-state index contributed by atoms with van der Waals surface area (Å²) in [6, 6.07) is 10.6. The third-order valence-electron chi connectivity index (χ3n) is 6.35. The fourth-order valence-electron chi connectivity index (χ4n) is 4.83. The molecule has 1 saturated heterocycles. The van der Waals surface area contributed by atoms with Gasteiger partial charge in [-0.15, -0.1) is 11.3 Å². The van der Waals surface area contributed by atoms with E-state index in [1.807, 2.05) is 5.51 Å². The highest BCUT2D eigenvalue weighted by atomic mass is 32.2. The van der Waals surface area contributed by atoms with Crippen LogP contribution in [-0.4, -0.2) is 51.0 Å². The van der Waals surface area contributed by atoms with Gasteiger partial charge in [-0.05, 0) is 50.5 Å². The molecule has 0 unspecified atom stereocenters. The Kier molecular flexibility index (Phi) is 6.77. The fourth-order valence-corrected chi connectivity index (χ4v) is 6.24. The molecule has 8 heteroatoms. The van der Waals surface area contributed by atoms with Crippen LogP contribution in [0.15, 0.2) is 35.8 Å². The summed E-state index contributed by atoms with van der Waals surface area (Å²) in [6.45, 7) is 3.37. The second-order valence-corrected chi connectivity index (χ2v) is 11.3. The Hall–Kier alpha value is -1.48. The number of benzene rings is 1. The highest BCUT2D eigenvalue weighted by molar-refractivity contribution is 7.88. The molecular formula is C22H31N3O3S2. The number of nitrogens with zero attached hydrogens (tertiary/aromatic N) is 2. The van der Waals surface area contributed by atoms with Crippen molar-refractivity contribution in [1.82, 2.24) is 9.71 Å². The molecule has 1 aliphatic heterocycles. The quantitative estimate of drug-likeness (QED) is 0.698. The van der Waals surface area contributed by atoms with E-state index < -0.39 is 10.0 Å². The van der Waals surface area contributed by atoms with Gasteiger partial charge >= 0.3 is 0 Å². The molecular weight excluding hydrogens is 418 g/mol. The molecule has 0 bridgehead atoms. The van der Waals surface area contributed by atoms with Crippen molar-refractivity contribution in [3.05, 3.63) is 46.3 Å². The summed E-state index contributed by atoms with van der Waals surface area (Å²) in [6.07, 6.45) is 6.60. The van der Waals surface area contributed by atoms with Crippen molar-refractivity contribution in [1.29, 1.82) is 0 Å². The minimum absolute atomic E-state index is 0.0348. The van der Waals surface area contributed by atoms with Crippen LogP contribution in [0.2, 0.25) is 0 Å². The number of aromatic nitrogens is 1. The van der Waals surface area contributed by atoms with Gasteiger partial charge in [-0.1, -0.05) is 30.3 Å². The molecule has 4 rings (SSSR count). The Morgan fingerprint density at radius 1 is 1.17 bits per heavy atom. The molecule has 1 aromatic carbocycles. The van der Waals surface area contributed by atoms with Crippen LogP contribution in [-0.2, 0) is 14.8 Å². The van der Waals surface area contributed by atoms with Crippen LogP contribution in [0.5, 0.6) is 0 Å². The molecule has 30 heavy (non-hydrogen) atoms. The van der Waals surface area contributed by atoms with Gasteiger partial charge in [0.1, 0.15) is 5.82 Å². The minimum atomic E-state index is -3.27. The zero-order chi connectivity index (χ0) is 21.1. The van der Waals surface area contributed by atoms with Crippen molar-refractivity contribution in [2.75, 3.05) is 24.3 Å². The third kappa shape index (κ3) is 5.22. The Balaban J connectivity index is 1.38. The van der Waals surface area contributed by atoms with E-state index in [9.17, 15) is 8.42 Å². The van der Waals surface area contributed by atoms with E-state index in [2.05, 4.69) is 51.9 Å². The maximum Gasteiger partial charge on any atom is 0.209 e. The van der Waals surface area contributed by atoms with Crippen LogP contribution in [0.3, 0.4) is 0 Å². The summed E-state index contributed by atoms with van der Waals surface area (Å²) in [7, 11) is -3.27. The maximum atomic E-state index is 11.9. The number of thiazole rings is 1. The molecule has 1 aliphatic carbocycles. The van der Waals surface area contributed by atoms with Crippen LogP contribution < -0.4 is 9.62 Å². The summed E-state index contributed by atoms with van der Waals surface area (Å²) < 4.78 is 33.0. The summed E-state index contributed by atoms with van der Waals surface area (Å²) in [5.41, 5.74) is 3.28. The van der Waals surface area contributed by atoms with Crippen molar-refractivity contribution in [3.63, 3.8) is 0 Å². The first-order chi connectivity index (χ1) is 14.4. The molecule has 1 N–H and O–H groups in total. The number of anilines is 1. The van der Waals surface area contributed by atoms with E-state index in [1.165, 1.54) is 11.8 Å². The van der Waals surface area contributed by atoms with Gasteiger partial charge in [0, 0.05) is 17.5 Å². The lowest BCUT2D eigenvalue weighted by Crippen LogP contribution is -2.48. The van der Waals surface area contributed by atoms with Crippen LogP contribution >= 0.6 is 11.3 Å². The molecule has 164 valence electrons. The molecule has 2 aliphatic rings. The fraction of sp³-hybridized carbons (Fsp3) is 0.591. The molecule has 2 atom stereocenters. The molecule has 1 aromatic heterocycles. The number of sulfonamides is 1. The monoisotopic (exact) mass is 449 g/mol. The van der Waals surface area contributed by atoms with Crippen molar-refractivity contribution in [2.45, 2.75) is 63.1 Å². The standard InChI is InChI=1S/C22H31N3O3S2/c1-16-22(23-15-29-16)25-13-12-20(24-30(2,26)27)21(25)14-28-19-10-8-18(9-11-19)17-6-4-3-5-7-17/h3-7,15,18-21,24H,8-14H2,1-2H3/t18?,19?,20-,21-/m0/s1. The number of ether oxygens (including phenoxy) is 1. The molecule has 0 amide bonds. The normalized spacial score (nSPS) is 27.5. The average Bonchev–Trinajstić information content (AvgIpc) is 3.31. The van der Waals surface area contributed by atoms with E-state index in [0.717, 1.165) is 49.3 Å². The van der Waals surface area contributed by atoms with E-state index >= 15 is 0 Å². The van der Waals surface area contributed by atoms with E-state index in [-0.39, 0.29) is 18.2 Å². The van der Waals surface area contributed by atoms with Gasteiger partial charge in [-0.2, -0.15) is 0 Å². The molecule has 2 aromatic rings. The molecule has 2 fully saturated rings. The average molecular weight is 450 g/mol. The van der Waals surface area contributed by atoms with Crippen LogP contribution in [0, 0.1) is 6.92 Å². The number of hydrogen-bond donors (Lipinski definition) is 1. The first-order valence-electron chi connectivity index (χ1n) is 10.7. The van der Waals surface area contributed by atoms with Crippen LogP contribution in [0.25, 0.3) is 0 Å². The second kappa shape index (κ2) is 9.34. The first-order valence-corrected chi connectivity index (χ1v) is 13.5. The summed E-state index contributed by atoms with van der Waals surface area (Å²) in [5.74, 6) is 1.57. The van der Waals surface area contributed by atoms with Gasteiger partial charge in [0.2, 0.25) is 10.0 Å². The van der Waals surface area contributed by atoms with Gasteiger partial charge in [0.25, 0.3) is 0 Å². The van der Waals surface area contributed by atoms with E-state index in [1.54, 1.807) is 11.3 Å². The Labute approximate surface area is 183 Å². The molecule has 0 radical (unpaired) electrons. The zero-order valence-corrected chi connectivity index (χ0v) is 19.3. The van der Waals surface area contributed by atoms with Crippen molar-refractivity contribution < 1.29 is 13.2 Å². The SMILES string of the molecule is Cc1scnc1N1CC[C@H](NS(C)(=O)=O)[C@@H]1COC1CCC(c2ccccc2)CC1. The Morgan fingerprint density at radius 3 is 2.53 bits per heavy atom. The van der Waals surface area contributed by atoms with Gasteiger partial charge < -0.3 is 9.64 Å². The zero-order valence-electron chi connectivity index (χ0n) is 17.7. The lowest BCUT2D eigenvalue weighted by molar-refractivity contribution is 0.0156. The third-order valence-corrected chi connectivity index (χ3v) is 7.83. The molecule has 2 heterocycles. The molecule has 0 spiro atoms. The topological polar surface area (TPSA) is 71.5 Å². The number of rotatable bonds is 7. The predicted octanol–water partition coefficient (Wildman–Crippen LogP) is 3.69. The smallest absolute Gasteiger partial charge is 0.209 e. The molecule has 1 saturated carbocycles. The number of aryl methyl sites for hydroxylation is 1. The second-order valence-electron chi connectivity index (χ2n) is 8.50. The van der Waals surface area contributed by atoms with Crippen molar-refractivity contribution in [3.8, 4) is 0 Å². The Morgan fingerprint density at radius 2 is 1.90 bits per heavy atom. The van der Waals surface area contributed by atoms with Crippen molar-refractivity contribution in [2.24, 2.45) is 0 Å². The Bertz CT molecular complexity index is 924. The number of hydrogen-bond acceptors (Lipinski definition) is 6. The van der Waals surface area contributed by atoms with Crippen molar-refractivity contribution >= 4 is 27.2 Å². The van der Waals surface area contributed by atoms with E-state index in [4.69, 9.17) is 4.74 Å². The van der Waals surface area contributed by atoms with E-state index in [0.29, 0.717) is 12.5 Å². The number of nitrogens with one attached hydrogen (secondary N) is 1. The first kappa shape index (κ1) is 21.7. The minimum Gasteiger partial charge on any atom is -0.376 e. The van der Waals surface area contributed by atoms with Gasteiger partial charge in [0.15, 0.2) is 0 Å². The van der Waals surface area contributed by atoms with Gasteiger partial charge in [-0.3, -0.25) is 0 Å². The van der Waals surface area contributed by atoms with Gasteiger partial charge in [-0.25, -0.2) is 18.1 Å². The lowest BCUT2D eigenvalue weighted by Gasteiger charge is -2.33. The van der Waals surface area contributed by atoms with Crippen LogP contribution in [0.1, 0.15) is 48.5 Å². The summed E-state index contributed by atoms with van der Waals surface area (Å²) in [5, 5.41) is 0. The van der Waals surface area contributed by atoms with Crippen LogP contribution in [0.4, 0.5) is 5.82 Å².